The van der Waals surface area contributed by atoms with Gasteiger partial charge in [0.25, 0.3) is 5.91 Å². The third kappa shape index (κ3) is 6.34. The average molecular weight is 462 g/mol. The number of esters is 1. The van der Waals surface area contributed by atoms with Crippen LogP contribution in [0.5, 0.6) is 0 Å². The number of nitrogens with one attached hydrogen (secondary N) is 1. The molecule has 2 amide bonds. The van der Waals surface area contributed by atoms with E-state index in [-0.39, 0.29) is 23.3 Å². The van der Waals surface area contributed by atoms with Crippen LogP contribution in [0.2, 0.25) is 0 Å². The number of hydrogen-bond donors (Lipinski definition) is 1. The first-order valence-electron chi connectivity index (χ1n) is 10.6. The van der Waals surface area contributed by atoms with E-state index in [2.05, 4.69) is 10.1 Å². The van der Waals surface area contributed by atoms with E-state index >= 15 is 0 Å². The van der Waals surface area contributed by atoms with Crippen molar-refractivity contribution in [1.29, 1.82) is 0 Å². The van der Waals surface area contributed by atoms with Crippen molar-refractivity contribution in [3.63, 3.8) is 0 Å². The smallest absolute Gasteiger partial charge is 0.416 e. The fourth-order valence-corrected chi connectivity index (χ4v) is 3.73. The Balaban J connectivity index is 1.43. The Morgan fingerprint density at radius 1 is 0.970 bits per heavy atom. The fraction of sp³-hybridized carbons (Fsp3) is 0.375. The van der Waals surface area contributed by atoms with Gasteiger partial charge < -0.3 is 15.0 Å². The predicted molar refractivity (Wildman–Crippen MR) is 115 cm³/mol. The summed E-state index contributed by atoms with van der Waals surface area (Å²) in [6.07, 6.45) is -2.85. The Hall–Kier alpha value is -3.36. The van der Waals surface area contributed by atoms with E-state index in [1.165, 1.54) is 19.2 Å². The number of nitrogens with zero attached hydrogens (tertiary/aromatic N) is 1. The largest absolute Gasteiger partial charge is 0.465 e. The van der Waals surface area contributed by atoms with Gasteiger partial charge in [-0.2, -0.15) is 13.2 Å². The zero-order chi connectivity index (χ0) is 24.0. The van der Waals surface area contributed by atoms with Crippen molar-refractivity contribution in [1.82, 2.24) is 10.2 Å². The number of benzene rings is 2. The van der Waals surface area contributed by atoms with Gasteiger partial charge in [-0.05, 0) is 61.2 Å². The van der Waals surface area contributed by atoms with Gasteiger partial charge in [-0.3, -0.25) is 9.59 Å². The molecule has 1 fully saturated rings. The maximum atomic E-state index is 12.7. The zero-order valence-corrected chi connectivity index (χ0v) is 18.2. The van der Waals surface area contributed by atoms with Gasteiger partial charge in [0.2, 0.25) is 5.91 Å². The van der Waals surface area contributed by atoms with Crippen LogP contribution >= 0.6 is 0 Å². The lowest BCUT2D eigenvalue weighted by Gasteiger charge is -2.31. The summed E-state index contributed by atoms with van der Waals surface area (Å²) in [7, 11) is 1.32. The normalized spacial score (nSPS) is 14.6. The van der Waals surface area contributed by atoms with Crippen molar-refractivity contribution in [3.8, 4) is 0 Å². The summed E-state index contributed by atoms with van der Waals surface area (Å²) in [6, 6.07) is 11.1. The van der Waals surface area contributed by atoms with E-state index in [1.54, 1.807) is 17.0 Å². The molecule has 1 aliphatic rings. The number of likely N-dealkylation sites (tertiary alicyclic amines) is 1. The van der Waals surface area contributed by atoms with Crippen LogP contribution in [0.15, 0.2) is 48.5 Å². The van der Waals surface area contributed by atoms with E-state index in [4.69, 9.17) is 0 Å². The summed E-state index contributed by atoms with van der Waals surface area (Å²) >= 11 is 0. The van der Waals surface area contributed by atoms with E-state index in [1.807, 2.05) is 12.1 Å². The fourth-order valence-electron chi connectivity index (χ4n) is 3.73. The molecule has 0 aromatic heterocycles. The monoisotopic (exact) mass is 462 g/mol. The number of halogens is 3. The number of rotatable bonds is 6. The molecule has 9 heteroatoms. The quantitative estimate of drug-likeness (QED) is 0.665. The lowest BCUT2D eigenvalue weighted by molar-refractivity contribution is -0.137. The van der Waals surface area contributed by atoms with Crippen LogP contribution < -0.4 is 5.32 Å². The molecule has 0 aliphatic carbocycles. The molecule has 1 N–H and O–H groups in total. The van der Waals surface area contributed by atoms with Crippen molar-refractivity contribution < 1.29 is 32.3 Å². The van der Waals surface area contributed by atoms with Gasteiger partial charge in [-0.25, -0.2) is 4.79 Å². The molecular formula is C24H25F3N2O4. The Kier molecular flexibility index (Phi) is 7.73. The summed E-state index contributed by atoms with van der Waals surface area (Å²) in [5.74, 6) is -1.04. The van der Waals surface area contributed by atoms with E-state index in [0.717, 1.165) is 17.7 Å². The Bertz CT molecular complexity index is 980. The highest BCUT2D eigenvalue weighted by Crippen LogP contribution is 2.29. The molecule has 0 atom stereocenters. The van der Waals surface area contributed by atoms with Crippen LogP contribution in [0.25, 0.3) is 0 Å². The number of ether oxygens (including phenoxy) is 1. The minimum absolute atomic E-state index is 0.0807. The van der Waals surface area contributed by atoms with Crippen molar-refractivity contribution >= 4 is 17.8 Å². The molecule has 0 unspecified atom stereocenters. The van der Waals surface area contributed by atoms with Gasteiger partial charge in [-0.15, -0.1) is 0 Å². The van der Waals surface area contributed by atoms with Crippen LogP contribution in [-0.4, -0.2) is 49.4 Å². The molecule has 2 aromatic carbocycles. The molecule has 0 radical (unpaired) electrons. The minimum atomic E-state index is -4.44. The first-order chi connectivity index (χ1) is 15.7. The topological polar surface area (TPSA) is 75.7 Å². The number of carbonyl (C=O) groups excluding carboxylic acids is 3. The molecule has 1 heterocycles. The first kappa shape index (κ1) is 24.3. The highest BCUT2D eigenvalue weighted by molar-refractivity contribution is 5.94. The van der Waals surface area contributed by atoms with Crippen LogP contribution in [0.3, 0.4) is 0 Å². The lowest BCUT2D eigenvalue weighted by atomic mass is 9.95. The average Bonchev–Trinajstić information content (AvgIpc) is 2.83. The summed E-state index contributed by atoms with van der Waals surface area (Å²) in [4.78, 5) is 38.1. The molecule has 2 aromatic rings. The highest BCUT2D eigenvalue weighted by atomic mass is 19.4. The van der Waals surface area contributed by atoms with Crippen molar-refractivity contribution in [3.05, 3.63) is 70.8 Å². The van der Waals surface area contributed by atoms with Gasteiger partial charge in [0.1, 0.15) is 0 Å². The maximum absolute atomic E-state index is 12.7. The van der Waals surface area contributed by atoms with Crippen molar-refractivity contribution in [2.45, 2.75) is 25.4 Å². The standard InChI is InChI=1S/C24H25F3N2O4/c1-33-23(32)19-4-2-16(3-5-19)10-13-28-21(30)17-11-14-29(15-12-17)22(31)18-6-8-20(9-7-18)24(25,26)27/h2-9,17H,10-15H2,1H3,(H,28,30). The lowest BCUT2D eigenvalue weighted by Crippen LogP contribution is -2.43. The molecule has 0 bridgehead atoms. The molecule has 33 heavy (non-hydrogen) atoms. The number of piperidine rings is 1. The van der Waals surface area contributed by atoms with Crippen LogP contribution in [-0.2, 0) is 22.1 Å². The third-order valence-electron chi connectivity index (χ3n) is 5.70. The molecule has 176 valence electrons. The summed E-state index contributed by atoms with van der Waals surface area (Å²) < 4.78 is 42.7. The van der Waals surface area contributed by atoms with Gasteiger partial charge >= 0.3 is 12.1 Å². The summed E-state index contributed by atoms with van der Waals surface area (Å²) in [6.45, 7) is 1.18. The van der Waals surface area contributed by atoms with Crippen LogP contribution in [0.4, 0.5) is 13.2 Å². The molecule has 3 rings (SSSR count). The Morgan fingerprint density at radius 2 is 1.55 bits per heavy atom. The van der Waals surface area contributed by atoms with Gasteiger partial charge in [0.05, 0.1) is 18.2 Å². The minimum Gasteiger partial charge on any atom is -0.465 e. The second kappa shape index (κ2) is 10.5. The molecule has 1 aliphatic heterocycles. The number of hydrogen-bond acceptors (Lipinski definition) is 4. The maximum Gasteiger partial charge on any atom is 0.416 e. The molecule has 6 nitrogen and oxygen atoms in total. The molecule has 1 saturated heterocycles. The number of carbonyl (C=O) groups is 3. The van der Waals surface area contributed by atoms with Gasteiger partial charge in [0, 0.05) is 31.1 Å². The summed E-state index contributed by atoms with van der Waals surface area (Å²) in [5.41, 5.74) is 0.834. The predicted octanol–water partition coefficient (Wildman–Crippen LogP) is 3.70. The van der Waals surface area contributed by atoms with E-state index in [9.17, 15) is 27.6 Å². The Morgan fingerprint density at radius 3 is 2.09 bits per heavy atom. The van der Waals surface area contributed by atoms with Gasteiger partial charge in [0.15, 0.2) is 0 Å². The van der Waals surface area contributed by atoms with Crippen molar-refractivity contribution in [2.75, 3.05) is 26.7 Å². The molecule has 0 spiro atoms. The SMILES string of the molecule is COC(=O)c1ccc(CCNC(=O)C2CCN(C(=O)c3ccc(C(F)(F)F)cc3)CC2)cc1. The van der Waals surface area contributed by atoms with E-state index < -0.39 is 17.7 Å². The molecule has 0 saturated carbocycles. The summed E-state index contributed by atoms with van der Waals surface area (Å²) in [5, 5.41) is 2.90. The molecular weight excluding hydrogens is 437 g/mol. The number of alkyl halides is 3. The van der Waals surface area contributed by atoms with Crippen LogP contribution in [0.1, 0.15) is 44.7 Å². The number of amides is 2. The van der Waals surface area contributed by atoms with E-state index in [0.29, 0.717) is 44.5 Å². The number of methoxy groups -OCH3 is 1. The second-order valence-electron chi connectivity index (χ2n) is 7.87. The first-order valence-corrected chi connectivity index (χ1v) is 10.6. The zero-order valence-electron chi connectivity index (χ0n) is 18.2. The van der Waals surface area contributed by atoms with Crippen LogP contribution in [0, 0.1) is 5.92 Å². The third-order valence-corrected chi connectivity index (χ3v) is 5.70. The van der Waals surface area contributed by atoms with Crippen molar-refractivity contribution in [2.24, 2.45) is 5.92 Å². The van der Waals surface area contributed by atoms with Gasteiger partial charge in [-0.1, -0.05) is 12.1 Å². The highest BCUT2D eigenvalue weighted by Gasteiger charge is 2.31. The second-order valence-corrected chi connectivity index (χ2v) is 7.87. The Labute approximate surface area is 189 Å².